The SMILES string of the molecule is C=C(N=C(N)N(NC(=NC)c1ccccn1)C(C)(C)C)NCCN1CCN(c2cc3c(C)noc3cc2F)CC1. The summed E-state index contributed by atoms with van der Waals surface area (Å²) in [6.45, 7) is 16.5. The summed E-state index contributed by atoms with van der Waals surface area (Å²) in [4.78, 5) is 17.6. The number of amidine groups is 1. The minimum Gasteiger partial charge on any atom is -0.369 e. The molecule has 0 radical (unpaired) electrons. The van der Waals surface area contributed by atoms with Crippen LogP contribution in [0, 0.1) is 12.7 Å². The van der Waals surface area contributed by atoms with Crippen LogP contribution in [0.2, 0.25) is 0 Å². The quantitative estimate of drug-likeness (QED) is 0.231. The number of aliphatic imine (C=N–C) groups is 2. The van der Waals surface area contributed by atoms with Gasteiger partial charge in [-0.2, -0.15) is 4.99 Å². The third-order valence-electron chi connectivity index (χ3n) is 6.69. The third kappa shape index (κ3) is 6.87. The number of aryl methyl sites for hydroxylation is 1. The molecular formula is C28H39FN10O. The average molecular weight is 551 g/mol. The Labute approximate surface area is 234 Å². The maximum atomic E-state index is 14.7. The number of benzene rings is 1. The van der Waals surface area contributed by atoms with Crippen LogP contribution in [0.1, 0.15) is 32.2 Å². The Morgan fingerprint density at radius 3 is 2.62 bits per heavy atom. The van der Waals surface area contributed by atoms with Crippen molar-refractivity contribution in [3.05, 3.63) is 66.1 Å². The van der Waals surface area contributed by atoms with Gasteiger partial charge in [0.05, 0.1) is 16.9 Å². The van der Waals surface area contributed by atoms with Crippen molar-refractivity contribution in [3.8, 4) is 0 Å². The van der Waals surface area contributed by atoms with Crippen LogP contribution in [-0.4, -0.2) is 83.7 Å². The fourth-order valence-electron chi connectivity index (χ4n) is 4.51. The molecule has 2 aromatic heterocycles. The first-order chi connectivity index (χ1) is 19.1. The van der Waals surface area contributed by atoms with Gasteiger partial charge in [-0.25, -0.2) is 9.40 Å². The molecule has 0 atom stereocenters. The van der Waals surface area contributed by atoms with E-state index in [1.807, 2.05) is 52.0 Å². The monoisotopic (exact) mass is 550 g/mol. The number of aromatic nitrogens is 2. The smallest absolute Gasteiger partial charge is 0.217 e. The van der Waals surface area contributed by atoms with E-state index in [4.69, 9.17) is 10.3 Å². The Bertz CT molecular complexity index is 1370. The normalized spacial score (nSPS) is 15.4. The number of piperazine rings is 1. The molecule has 1 aliphatic rings. The molecule has 4 N–H and O–H groups in total. The molecule has 0 unspecified atom stereocenters. The number of guanidine groups is 1. The van der Waals surface area contributed by atoms with Crippen LogP contribution in [0.15, 0.2) is 63.4 Å². The summed E-state index contributed by atoms with van der Waals surface area (Å²) in [6, 6.07) is 8.88. The molecule has 0 saturated carbocycles. The molecule has 0 aliphatic carbocycles. The molecule has 0 bridgehead atoms. The summed E-state index contributed by atoms with van der Waals surface area (Å²) >= 11 is 0. The second-order valence-electron chi connectivity index (χ2n) is 10.6. The summed E-state index contributed by atoms with van der Waals surface area (Å²) in [5, 5.41) is 9.78. The summed E-state index contributed by atoms with van der Waals surface area (Å²) < 4.78 is 19.9. The van der Waals surface area contributed by atoms with Gasteiger partial charge in [0.1, 0.15) is 17.3 Å². The zero-order chi connectivity index (χ0) is 28.9. The maximum Gasteiger partial charge on any atom is 0.217 e. The number of pyridine rings is 1. The largest absolute Gasteiger partial charge is 0.369 e. The van der Waals surface area contributed by atoms with Crippen molar-refractivity contribution < 1.29 is 8.91 Å². The van der Waals surface area contributed by atoms with Crippen LogP contribution < -0.4 is 21.4 Å². The van der Waals surface area contributed by atoms with E-state index in [0.29, 0.717) is 35.2 Å². The number of hydrazine groups is 1. The number of halogens is 1. The Hall–Kier alpha value is -4.19. The predicted molar refractivity (Wildman–Crippen MR) is 158 cm³/mol. The van der Waals surface area contributed by atoms with Gasteiger partial charge >= 0.3 is 0 Å². The fraction of sp³-hybridized carbons (Fsp3) is 0.429. The molecule has 214 valence electrons. The Kier molecular flexibility index (Phi) is 8.88. The van der Waals surface area contributed by atoms with Gasteiger partial charge in [-0.15, -0.1) is 0 Å². The van der Waals surface area contributed by atoms with E-state index in [-0.39, 0.29) is 11.8 Å². The molecular weight excluding hydrogens is 511 g/mol. The van der Waals surface area contributed by atoms with E-state index in [1.54, 1.807) is 18.3 Å². The number of anilines is 1. The van der Waals surface area contributed by atoms with Gasteiger partial charge in [-0.3, -0.25) is 20.3 Å². The molecule has 1 aromatic carbocycles. The number of fused-ring (bicyclic) bond motifs is 1. The number of nitrogens with zero attached hydrogens (tertiary/aromatic N) is 7. The van der Waals surface area contributed by atoms with Crippen LogP contribution >= 0.6 is 0 Å². The molecule has 0 amide bonds. The second-order valence-corrected chi connectivity index (χ2v) is 10.6. The van der Waals surface area contributed by atoms with E-state index < -0.39 is 5.54 Å². The van der Waals surface area contributed by atoms with Crippen molar-refractivity contribution in [2.45, 2.75) is 33.2 Å². The Balaban J connectivity index is 1.28. The van der Waals surface area contributed by atoms with Gasteiger partial charge in [0.2, 0.25) is 5.96 Å². The minimum atomic E-state index is -0.408. The molecule has 1 aliphatic heterocycles. The van der Waals surface area contributed by atoms with Crippen molar-refractivity contribution in [1.29, 1.82) is 0 Å². The maximum absolute atomic E-state index is 14.7. The van der Waals surface area contributed by atoms with E-state index in [9.17, 15) is 4.39 Å². The highest BCUT2D eigenvalue weighted by molar-refractivity contribution is 5.98. The van der Waals surface area contributed by atoms with Gasteiger partial charge in [-0.05, 0) is 45.9 Å². The number of nitrogens with two attached hydrogens (primary N) is 1. The lowest BCUT2D eigenvalue weighted by Crippen LogP contribution is -2.58. The van der Waals surface area contributed by atoms with Crippen molar-refractivity contribution >= 4 is 28.5 Å². The van der Waals surface area contributed by atoms with Crippen LogP contribution in [-0.2, 0) is 0 Å². The highest BCUT2D eigenvalue weighted by Crippen LogP contribution is 2.28. The topological polar surface area (TPSA) is 123 Å². The number of hydrogen-bond donors (Lipinski definition) is 3. The van der Waals surface area contributed by atoms with Crippen LogP contribution in [0.5, 0.6) is 0 Å². The van der Waals surface area contributed by atoms with Gasteiger partial charge in [0.15, 0.2) is 11.4 Å². The Morgan fingerprint density at radius 1 is 1.23 bits per heavy atom. The van der Waals surface area contributed by atoms with Gasteiger partial charge < -0.3 is 20.5 Å². The molecule has 1 fully saturated rings. The molecule has 3 heterocycles. The lowest BCUT2D eigenvalue weighted by molar-refractivity contribution is 0.202. The Morgan fingerprint density at radius 2 is 1.98 bits per heavy atom. The molecule has 4 rings (SSSR count). The van der Waals surface area contributed by atoms with E-state index in [0.717, 1.165) is 43.8 Å². The predicted octanol–water partition coefficient (Wildman–Crippen LogP) is 2.85. The van der Waals surface area contributed by atoms with E-state index in [2.05, 4.69) is 47.2 Å². The number of nitrogens with one attached hydrogen (secondary N) is 2. The van der Waals surface area contributed by atoms with Crippen LogP contribution in [0.25, 0.3) is 11.0 Å². The first kappa shape index (κ1) is 28.8. The summed E-state index contributed by atoms with van der Waals surface area (Å²) in [5.41, 5.74) is 11.8. The third-order valence-corrected chi connectivity index (χ3v) is 6.69. The standard InChI is InChI=1S/C28H39FN10O/c1-19-21-17-24(22(29)18-25(21)40-36-19)38-15-13-37(14-16-38)12-11-32-20(2)34-27(30)39(28(3,4)5)35-26(31-6)23-9-7-8-10-33-23/h7-10,17-18,32H,2,11-16H2,1,3-6H3,(H2,30,34)(H,31,35). The fourth-order valence-corrected chi connectivity index (χ4v) is 4.51. The average Bonchev–Trinajstić information content (AvgIpc) is 3.28. The van der Waals surface area contributed by atoms with Gasteiger partial charge in [-0.1, -0.05) is 17.8 Å². The second kappa shape index (κ2) is 12.3. The molecule has 40 heavy (non-hydrogen) atoms. The lowest BCUT2D eigenvalue weighted by atomic mass is 10.1. The number of rotatable bonds is 7. The summed E-state index contributed by atoms with van der Waals surface area (Å²) in [6.07, 6.45) is 1.71. The highest BCUT2D eigenvalue weighted by atomic mass is 19.1. The van der Waals surface area contributed by atoms with Crippen LogP contribution in [0.4, 0.5) is 10.1 Å². The molecule has 11 nitrogen and oxygen atoms in total. The van der Waals surface area contributed by atoms with Crippen LogP contribution in [0.3, 0.4) is 0 Å². The van der Waals surface area contributed by atoms with E-state index >= 15 is 0 Å². The van der Waals surface area contributed by atoms with Crippen molar-refractivity contribution in [2.24, 2.45) is 15.7 Å². The first-order valence-electron chi connectivity index (χ1n) is 13.3. The van der Waals surface area contributed by atoms with Gasteiger partial charge in [0, 0.05) is 64.0 Å². The number of hydrogen-bond acceptors (Lipinski definition) is 8. The highest BCUT2D eigenvalue weighted by Gasteiger charge is 2.26. The summed E-state index contributed by atoms with van der Waals surface area (Å²) in [5.74, 6) is 0.988. The van der Waals surface area contributed by atoms with E-state index in [1.165, 1.54) is 6.07 Å². The van der Waals surface area contributed by atoms with Crippen molar-refractivity contribution in [1.82, 2.24) is 30.8 Å². The molecule has 1 saturated heterocycles. The minimum absolute atomic E-state index is 0.248. The molecule has 3 aromatic rings. The van der Waals surface area contributed by atoms with Crippen molar-refractivity contribution in [3.63, 3.8) is 0 Å². The zero-order valence-corrected chi connectivity index (χ0v) is 23.9. The first-order valence-corrected chi connectivity index (χ1v) is 13.3. The lowest BCUT2D eigenvalue weighted by Gasteiger charge is -2.37. The van der Waals surface area contributed by atoms with Crippen molar-refractivity contribution in [2.75, 3.05) is 51.2 Å². The molecule has 12 heteroatoms. The zero-order valence-electron chi connectivity index (χ0n) is 23.9. The van der Waals surface area contributed by atoms with Gasteiger partial charge in [0.25, 0.3) is 0 Å². The summed E-state index contributed by atoms with van der Waals surface area (Å²) in [7, 11) is 1.69. The molecule has 0 spiro atoms.